The third kappa shape index (κ3) is 5.22. The van der Waals surface area contributed by atoms with E-state index in [1.54, 1.807) is 0 Å². The fourth-order valence-electron chi connectivity index (χ4n) is 1.42. The number of nitrogens with one attached hydrogen (secondary N) is 2. The van der Waals surface area contributed by atoms with Crippen LogP contribution in [-0.2, 0) is 14.8 Å². The van der Waals surface area contributed by atoms with Crippen molar-refractivity contribution in [2.24, 2.45) is 0 Å². The standard InChI is InChI=1S/C12H18FN3O3S/c1-12(2,3)16-10(17)6-8-15-20(18,19)11-9(13)5-4-7-14-11/h4-5,7,15H,6,8H2,1-3H3,(H,16,17). The molecule has 0 spiro atoms. The smallest absolute Gasteiger partial charge is 0.261 e. The number of rotatable bonds is 5. The van der Waals surface area contributed by atoms with Gasteiger partial charge in [-0.1, -0.05) is 0 Å². The molecule has 0 fully saturated rings. The fraction of sp³-hybridized carbons (Fsp3) is 0.500. The number of carbonyl (C=O) groups excluding carboxylic acids is 1. The Hall–Kier alpha value is -1.54. The Bertz CT molecular complexity index is 582. The molecule has 0 aliphatic rings. The highest BCUT2D eigenvalue weighted by molar-refractivity contribution is 7.89. The van der Waals surface area contributed by atoms with Gasteiger partial charge in [0.1, 0.15) is 0 Å². The van der Waals surface area contributed by atoms with Gasteiger partial charge in [0, 0.05) is 24.7 Å². The lowest BCUT2D eigenvalue weighted by Crippen LogP contribution is -2.42. The molecule has 0 atom stereocenters. The molecule has 20 heavy (non-hydrogen) atoms. The number of hydrogen-bond acceptors (Lipinski definition) is 4. The molecule has 8 heteroatoms. The van der Waals surface area contributed by atoms with Gasteiger partial charge in [-0.05, 0) is 32.9 Å². The zero-order valence-electron chi connectivity index (χ0n) is 11.6. The molecule has 0 aromatic carbocycles. The first kappa shape index (κ1) is 16.5. The van der Waals surface area contributed by atoms with Crippen LogP contribution in [0.1, 0.15) is 27.2 Å². The molecule has 1 aromatic heterocycles. The Morgan fingerprint density at radius 1 is 1.40 bits per heavy atom. The van der Waals surface area contributed by atoms with Crippen LogP contribution >= 0.6 is 0 Å². The van der Waals surface area contributed by atoms with Crippen LogP contribution in [0.15, 0.2) is 23.4 Å². The molecular formula is C12H18FN3O3S. The molecule has 1 amide bonds. The van der Waals surface area contributed by atoms with Gasteiger partial charge in [0.2, 0.25) is 10.9 Å². The van der Waals surface area contributed by atoms with E-state index in [1.165, 1.54) is 12.3 Å². The Morgan fingerprint density at radius 3 is 2.60 bits per heavy atom. The molecule has 1 heterocycles. The quantitative estimate of drug-likeness (QED) is 0.842. The fourth-order valence-corrected chi connectivity index (χ4v) is 2.45. The molecule has 0 saturated carbocycles. The van der Waals surface area contributed by atoms with Gasteiger partial charge in [0.25, 0.3) is 10.0 Å². The number of amides is 1. The maximum Gasteiger partial charge on any atom is 0.261 e. The van der Waals surface area contributed by atoms with Crippen LogP contribution in [0.4, 0.5) is 4.39 Å². The third-order valence-corrected chi connectivity index (χ3v) is 3.53. The van der Waals surface area contributed by atoms with Gasteiger partial charge in [0.05, 0.1) is 0 Å². The molecular weight excluding hydrogens is 285 g/mol. The summed E-state index contributed by atoms with van der Waals surface area (Å²) in [5.74, 6) is -1.22. The predicted molar refractivity (Wildman–Crippen MR) is 71.9 cm³/mol. The minimum atomic E-state index is -4.05. The Kier molecular flexibility index (Phi) is 5.18. The van der Waals surface area contributed by atoms with E-state index in [1.807, 2.05) is 20.8 Å². The lowest BCUT2D eigenvalue weighted by molar-refractivity contribution is -0.122. The minimum absolute atomic E-state index is 0.0368. The molecule has 0 bridgehead atoms. The molecule has 0 unspecified atom stereocenters. The average molecular weight is 303 g/mol. The number of carbonyl (C=O) groups is 1. The summed E-state index contributed by atoms with van der Waals surface area (Å²) in [4.78, 5) is 15.0. The van der Waals surface area contributed by atoms with Crippen LogP contribution in [-0.4, -0.2) is 31.4 Å². The van der Waals surface area contributed by atoms with Crippen LogP contribution < -0.4 is 10.0 Å². The zero-order valence-corrected chi connectivity index (χ0v) is 12.4. The molecule has 1 aromatic rings. The molecule has 6 nitrogen and oxygen atoms in total. The summed E-state index contributed by atoms with van der Waals surface area (Å²) in [6.07, 6.45) is 1.15. The summed E-state index contributed by atoms with van der Waals surface area (Å²) in [6.45, 7) is 5.33. The van der Waals surface area contributed by atoms with Crippen molar-refractivity contribution in [2.75, 3.05) is 6.54 Å². The topological polar surface area (TPSA) is 88.2 Å². The molecule has 0 saturated heterocycles. The molecule has 112 valence electrons. The van der Waals surface area contributed by atoms with Crippen molar-refractivity contribution >= 4 is 15.9 Å². The van der Waals surface area contributed by atoms with E-state index in [4.69, 9.17) is 0 Å². The summed E-state index contributed by atoms with van der Waals surface area (Å²) >= 11 is 0. The van der Waals surface area contributed by atoms with Crippen LogP contribution in [0.25, 0.3) is 0 Å². The van der Waals surface area contributed by atoms with Gasteiger partial charge in [-0.3, -0.25) is 4.79 Å². The first-order chi connectivity index (χ1) is 9.12. The number of hydrogen-bond donors (Lipinski definition) is 2. The third-order valence-electron chi connectivity index (χ3n) is 2.14. The second kappa shape index (κ2) is 6.27. The predicted octanol–water partition coefficient (Wildman–Crippen LogP) is 0.804. The SMILES string of the molecule is CC(C)(C)NC(=O)CCNS(=O)(=O)c1ncccc1F. The Balaban J connectivity index is 2.58. The van der Waals surface area contributed by atoms with Crippen molar-refractivity contribution in [3.63, 3.8) is 0 Å². The monoisotopic (exact) mass is 303 g/mol. The second-order valence-electron chi connectivity index (χ2n) is 5.24. The minimum Gasteiger partial charge on any atom is -0.351 e. The highest BCUT2D eigenvalue weighted by Gasteiger charge is 2.20. The summed E-state index contributed by atoms with van der Waals surface area (Å²) in [5.41, 5.74) is -0.386. The van der Waals surface area contributed by atoms with E-state index in [0.717, 1.165) is 6.07 Å². The number of aromatic nitrogens is 1. The van der Waals surface area contributed by atoms with Gasteiger partial charge < -0.3 is 5.32 Å². The van der Waals surface area contributed by atoms with Crippen molar-refractivity contribution in [3.05, 3.63) is 24.1 Å². The Morgan fingerprint density at radius 2 is 2.05 bits per heavy atom. The molecule has 1 rings (SSSR count). The lowest BCUT2D eigenvalue weighted by atomic mass is 10.1. The maximum atomic E-state index is 13.3. The van der Waals surface area contributed by atoms with Crippen LogP contribution in [0.2, 0.25) is 0 Å². The van der Waals surface area contributed by atoms with E-state index in [-0.39, 0.29) is 24.4 Å². The van der Waals surface area contributed by atoms with Gasteiger partial charge >= 0.3 is 0 Å². The molecule has 0 aliphatic carbocycles. The normalized spacial score (nSPS) is 12.2. The molecule has 0 radical (unpaired) electrons. The van der Waals surface area contributed by atoms with Gasteiger partial charge in [-0.15, -0.1) is 0 Å². The molecule has 0 aliphatic heterocycles. The van der Waals surface area contributed by atoms with Crippen molar-refractivity contribution in [2.45, 2.75) is 37.8 Å². The largest absolute Gasteiger partial charge is 0.351 e. The van der Waals surface area contributed by atoms with Crippen molar-refractivity contribution in [1.82, 2.24) is 15.0 Å². The van der Waals surface area contributed by atoms with E-state index in [0.29, 0.717) is 0 Å². The van der Waals surface area contributed by atoms with E-state index < -0.39 is 20.9 Å². The summed E-state index contributed by atoms with van der Waals surface area (Å²) < 4.78 is 39.0. The summed E-state index contributed by atoms with van der Waals surface area (Å²) in [7, 11) is -4.05. The van der Waals surface area contributed by atoms with E-state index >= 15 is 0 Å². The van der Waals surface area contributed by atoms with E-state index in [2.05, 4.69) is 15.0 Å². The van der Waals surface area contributed by atoms with Crippen molar-refractivity contribution < 1.29 is 17.6 Å². The number of sulfonamides is 1. The maximum absolute atomic E-state index is 13.3. The van der Waals surface area contributed by atoms with Crippen LogP contribution in [0, 0.1) is 5.82 Å². The lowest BCUT2D eigenvalue weighted by Gasteiger charge is -2.20. The highest BCUT2D eigenvalue weighted by Crippen LogP contribution is 2.09. The number of pyridine rings is 1. The molecule has 2 N–H and O–H groups in total. The number of halogens is 1. The Labute approximate surface area is 117 Å². The second-order valence-corrected chi connectivity index (χ2v) is 6.92. The highest BCUT2D eigenvalue weighted by atomic mass is 32.2. The first-order valence-corrected chi connectivity index (χ1v) is 7.51. The average Bonchev–Trinajstić information content (AvgIpc) is 2.26. The first-order valence-electron chi connectivity index (χ1n) is 6.03. The van der Waals surface area contributed by atoms with Crippen molar-refractivity contribution in [1.29, 1.82) is 0 Å². The van der Waals surface area contributed by atoms with Gasteiger partial charge in [-0.25, -0.2) is 22.5 Å². The van der Waals surface area contributed by atoms with Gasteiger partial charge in [-0.2, -0.15) is 0 Å². The van der Waals surface area contributed by atoms with E-state index in [9.17, 15) is 17.6 Å². The van der Waals surface area contributed by atoms with Crippen LogP contribution in [0.5, 0.6) is 0 Å². The summed E-state index contributed by atoms with van der Waals surface area (Å²) in [6, 6.07) is 2.30. The van der Waals surface area contributed by atoms with Crippen molar-refractivity contribution in [3.8, 4) is 0 Å². The zero-order chi connectivity index (χ0) is 15.4. The van der Waals surface area contributed by atoms with Crippen LogP contribution in [0.3, 0.4) is 0 Å². The van der Waals surface area contributed by atoms with Gasteiger partial charge in [0.15, 0.2) is 5.82 Å². The number of nitrogens with zero attached hydrogens (tertiary/aromatic N) is 1. The summed E-state index contributed by atoms with van der Waals surface area (Å²) in [5, 5.41) is 2.02.